The van der Waals surface area contributed by atoms with Crippen molar-refractivity contribution in [1.29, 1.82) is 0 Å². The maximum absolute atomic E-state index is 15.4. The molecule has 150 valence electrons. The third-order valence-electron chi connectivity index (χ3n) is 4.96. The van der Waals surface area contributed by atoms with Gasteiger partial charge in [0.2, 0.25) is 5.91 Å². The van der Waals surface area contributed by atoms with E-state index in [-0.39, 0.29) is 22.0 Å². The van der Waals surface area contributed by atoms with Gasteiger partial charge in [-0.1, -0.05) is 29.8 Å². The Morgan fingerprint density at radius 1 is 1.21 bits per heavy atom. The Hall–Kier alpha value is -2.35. The number of fused-ring (bicyclic) bond motifs is 1. The van der Waals surface area contributed by atoms with E-state index in [1.54, 1.807) is 29.2 Å². The van der Waals surface area contributed by atoms with Gasteiger partial charge in [-0.3, -0.25) is 4.79 Å². The number of nitrogens with two attached hydrogens (primary N) is 1. The van der Waals surface area contributed by atoms with Gasteiger partial charge in [0.05, 0.1) is 5.02 Å². The van der Waals surface area contributed by atoms with E-state index in [4.69, 9.17) is 28.9 Å². The molecule has 29 heavy (non-hydrogen) atoms. The molecule has 0 aliphatic carbocycles. The highest BCUT2D eigenvalue weighted by Gasteiger charge is 2.25. The summed E-state index contributed by atoms with van der Waals surface area (Å²) >= 11 is 13.9. The summed E-state index contributed by atoms with van der Waals surface area (Å²) in [5.41, 5.74) is 7.17. The number of nitrogen functional groups attached to an aromatic ring is 1. The van der Waals surface area contributed by atoms with Gasteiger partial charge in [0.1, 0.15) is 10.5 Å². The highest BCUT2D eigenvalue weighted by molar-refractivity contribution is 7.11. The second-order valence-electron chi connectivity index (χ2n) is 6.69. The van der Waals surface area contributed by atoms with Gasteiger partial charge in [0.15, 0.2) is 5.82 Å². The van der Waals surface area contributed by atoms with E-state index in [1.807, 2.05) is 0 Å². The highest BCUT2D eigenvalue weighted by atomic mass is 35.5. The van der Waals surface area contributed by atoms with E-state index in [1.165, 1.54) is 17.6 Å². The number of anilines is 2. The molecule has 5 nitrogen and oxygen atoms in total. The van der Waals surface area contributed by atoms with Gasteiger partial charge >= 0.3 is 0 Å². The minimum atomic E-state index is -0.525. The summed E-state index contributed by atoms with van der Waals surface area (Å²) < 4.78 is 19.7. The molecule has 1 aliphatic rings. The molecule has 1 aliphatic heterocycles. The Labute approximate surface area is 181 Å². The van der Waals surface area contributed by atoms with Crippen molar-refractivity contribution in [1.82, 2.24) is 9.27 Å². The van der Waals surface area contributed by atoms with Crippen LogP contribution in [0.3, 0.4) is 0 Å². The fourth-order valence-electron chi connectivity index (χ4n) is 3.47. The largest absolute Gasteiger partial charge is 0.399 e. The van der Waals surface area contributed by atoms with Crippen molar-refractivity contribution in [3.05, 3.63) is 52.8 Å². The Morgan fingerprint density at radius 2 is 1.93 bits per heavy atom. The molecule has 0 bridgehead atoms. The summed E-state index contributed by atoms with van der Waals surface area (Å²) in [6, 6.07) is 6.58. The molecule has 2 heterocycles. The second kappa shape index (κ2) is 7.82. The van der Waals surface area contributed by atoms with Crippen LogP contribution in [0.2, 0.25) is 10.0 Å². The number of halogens is 3. The zero-order valence-corrected chi connectivity index (χ0v) is 17.6. The van der Waals surface area contributed by atoms with E-state index >= 15 is 4.39 Å². The molecule has 0 spiro atoms. The van der Waals surface area contributed by atoms with Gasteiger partial charge in [-0.15, -0.1) is 0 Å². The smallest absolute Gasteiger partial charge is 0.246 e. The second-order valence-corrected chi connectivity index (χ2v) is 8.25. The highest BCUT2D eigenvalue weighted by Crippen LogP contribution is 2.43. The van der Waals surface area contributed by atoms with Crippen molar-refractivity contribution in [3.8, 4) is 11.1 Å². The van der Waals surface area contributed by atoms with Gasteiger partial charge in [0, 0.05) is 53.4 Å². The van der Waals surface area contributed by atoms with Gasteiger partial charge < -0.3 is 15.5 Å². The van der Waals surface area contributed by atoms with Gasteiger partial charge in [-0.05, 0) is 41.9 Å². The predicted molar refractivity (Wildman–Crippen MR) is 118 cm³/mol. The minimum Gasteiger partial charge on any atom is -0.399 e. The molecule has 2 aromatic carbocycles. The first-order chi connectivity index (χ1) is 13.9. The predicted octanol–water partition coefficient (Wildman–Crippen LogP) is 4.83. The van der Waals surface area contributed by atoms with Gasteiger partial charge in [-0.2, -0.15) is 4.37 Å². The van der Waals surface area contributed by atoms with Crippen LogP contribution in [0.25, 0.3) is 22.0 Å². The van der Waals surface area contributed by atoms with Crippen molar-refractivity contribution < 1.29 is 9.18 Å². The van der Waals surface area contributed by atoms with Crippen LogP contribution in [0.15, 0.2) is 36.9 Å². The van der Waals surface area contributed by atoms with Crippen LogP contribution in [0.1, 0.15) is 0 Å². The summed E-state index contributed by atoms with van der Waals surface area (Å²) in [6.07, 6.45) is 1.32. The Kier molecular flexibility index (Phi) is 5.38. The lowest BCUT2D eigenvalue weighted by Crippen LogP contribution is -2.48. The van der Waals surface area contributed by atoms with Crippen molar-refractivity contribution in [2.75, 3.05) is 36.8 Å². The molecule has 0 unspecified atom stereocenters. The lowest BCUT2D eigenvalue weighted by atomic mass is 10.0. The molecule has 4 rings (SSSR count). The van der Waals surface area contributed by atoms with Crippen molar-refractivity contribution in [2.45, 2.75) is 0 Å². The first-order valence-electron chi connectivity index (χ1n) is 8.89. The van der Waals surface area contributed by atoms with Crippen molar-refractivity contribution in [3.63, 3.8) is 0 Å². The Bertz CT molecular complexity index is 1130. The quantitative estimate of drug-likeness (QED) is 0.458. The van der Waals surface area contributed by atoms with Gasteiger partial charge in [0.25, 0.3) is 0 Å². The topological polar surface area (TPSA) is 62.5 Å². The van der Waals surface area contributed by atoms with Crippen molar-refractivity contribution >= 4 is 62.2 Å². The Morgan fingerprint density at radius 3 is 2.62 bits per heavy atom. The average molecular weight is 451 g/mol. The van der Waals surface area contributed by atoms with E-state index in [9.17, 15) is 4.79 Å². The maximum atomic E-state index is 15.4. The average Bonchev–Trinajstić information content (AvgIpc) is 3.14. The van der Waals surface area contributed by atoms with Crippen LogP contribution in [-0.4, -0.2) is 41.4 Å². The zero-order chi connectivity index (χ0) is 20.7. The minimum absolute atomic E-state index is 0.0865. The van der Waals surface area contributed by atoms with E-state index in [2.05, 4.69) is 15.9 Å². The first-order valence-corrected chi connectivity index (χ1v) is 10.4. The fraction of sp³-hybridized carbons (Fsp3) is 0.200. The number of carbonyl (C=O) groups excluding carboxylic acids is 1. The third-order valence-corrected chi connectivity index (χ3v) is 6.51. The molecule has 1 saturated heterocycles. The summed E-state index contributed by atoms with van der Waals surface area (Å²) in [6.45, 7) is 5.91. The summed E-state index contributed by atoms with van der Waals surface area (Å²) in [4.78, 5) is 15.6. The molecule has 1 fully saturated rings. The molecule has 3 aromatic rings. The number of amides is 1. The van der Waals surface area contributed by atoms with Crippen LogP contribution in [0, 0.1) is 5.82 Å². The molecule has 1 aromatic heterocycles. The number of nitrogens with zero attached hydrogens (tertiary/aromatic N) is 3. The summed E-state index contributed by atoms with van der Waals surface area (Å²) in [5.74, 6) is -0.612. The number of piperazine rings is 1. The number of aromatic nitrogens is 1. The lowest BCUT2D eigenvalue weighted by molar-refractivity contribution is -0.126. The summed E-state index contributed by atoms with van der Waals surface area (Å²) in [7, 11) is 0. The standard InChI is InChI=1S/C20H17Cl2FN4OS/c1-2-16(28)26-5-7-27(8-6-26)20-13-10-15(22)17(18(23)19(13)25-29-20)12-9-11(24)3-4-14(12)21/h2-4,9-10H,1,5-8,24H2. The van der Waals surface area contributed by atoms with Crippen molar-refractivity contribution in [2.24, 2.45) is 0 Å². The van der Waals surface area contributed by atoms with Crippen LogP contribution >= 0.6 is 34.7 Å². The van der Waals surface area contributed by atoms with Crippen LogP contribution in [0.4, 0.5) is 15.1 Å². The molecular weight excluding hydrogens is 434 g/mol. The molecule has 1 amide bonds. The number of hydrogen-bond donors (Lipinski definition) is 1. The normalized spacial score (nSPS) is 14.4. The molecule has 9 heteroatoms. The number of hydrogen-bond acceptors (Lipinski definition) is 5. The van der Waals surface area contributed by atoms with Crippen LogP contribution in [0.5, 0.6) is 0 Å². The number of rotatable bonds is 3. The molecule has 2 N–H and O–H groups in total. The molecule has 0 atom stereocenters. The molecular formula is C20H17Cl2FN4OS. The molecule has 0 saturated carbocycles. The first kappa shape index (κ1) is 19.9. The SMILES string of the molecule is C=CC(=O)N1CCN(c2snc3c(F)c(-c4cc(N)ccc4Cl)c(Cl)cc23)CC1. The number of benzene rings is 2. The monoisotopic (exact) mass is 450 g/mol. The summed E-state index contributed by atoms with van der Waals surface area (Å²) in [5, 5.41) is 2.07. The fourth-order valence-corrected chi connectivity index (χ4v) is 4.88. The third kappa shape index (κ3) is 3.54. The van der Waals surface area contributed by atoms with E-state index in [0.717, 1.165) is 5.00 Å². The van der Waals surface area contributed by atoms with Gasteiger partial charge in [-0.25, -0.2) is 4.39 Å². The number of carbonyl (C=O) groups is 1. The van der Waals surface area contributed by atoms with E-state index in [0.29, 0.717) is 47.8 Å². The van der Waals surface area contributed by atoms with Crippen LogP contribution in [-0.2, 0) is 4.79 Å². The lowest BCUT2D eigenvalue weighted by Gasteiger charge is -2.34. The Balaban J connectivity index is 1.73. The van der Waals surface area contributed by atoms with Crippen LogP contribution < -0.4 is 10.6 Å². The molecule has 0 radical (unpaired) electrons. The maximum Gasteiger partial charge on any atom is 0.246 e. The van der Waals surface area contributed by atoms with E-state index < -0.39 is 5.82 Å². The zero-order valence-electron chi connectivity index (χ0n) is 15.3.